The average Bonchev–Trinajstić information content (AvgIpc) is 2.50. The third-order valence-corrected chi connectivity index (χ3v) is 3.97. The van der Waals surface area contributed by atoms with Crippen LogP contribution in [-0.4, -0.2) is 43.7 Å². The van der Waals surface area contributed by atoms with Crippen LogP contribution < -0.4 is 4.74 Å². The van der Waals surface area contributed by atoms with Crippen molar-refractivity contribution in [1.29, 1.82) is 0 Å². The Morgan fingerprint density at radius 3 is 2.67 bits per heavy atom. The van der Waals surface area contributed by atoms with Gasteiger partial charge in [-0.3, -0.25) is 9.69 Å². The topological polar surface area (TPSA) is 38.8 Å². The molecule has 0 bridgehead atoms. The van der Waals surface area contributed by atoms with Crippen LogP contribution >= 0.6 is 0 Å². The highest BCUT2D eigenvalue weighted by Crippen LogP contribution is 2.19. The summed E-state index contributed by atoms with van der Waals surface area (Å²) < 4.78 is 10.9. The second-order valence-corrected chi connectivity index (χ2v) is 5.48. The molecule has 0 aromatic heterocycles. The summed E-state index contributed by atoms with van der Waals surface area (Å²) in [4.78, 5) is 14.0. The van der Waals surface area contributed by atoms with Gasteiger partial charge in [0.25, 0.3) is 0 Å². The number of hydrogen-bond acceptors (Lipinski definition) is 4. The maximum atomic E-state index is 11.7. The maximum absolute atomic E-state index is 11.7. The Bertz CT molecular complexity index is 453. The number of ether oxygens (including phenoxy) is 2. The number of carbonyl (C=O) groups is 1. The smallest absolute Gasteiger partial charge is 0.309 e. The van der Waals surface area contributed by atoms with Crippen LogP contribution in [0.5, 0.6) is 5.75 Å². The molecule has 1 fully saturated rings. The normalized spacial score (nSPS) is 16.7. The lowest BCUT2D eigenvalue weighted by molar-refractivity contribution is -0.149. The molecule has 0 saturated carbocycles. The molecule has 21 heavy (non-hydrogen) atoms. The number of esters is 1. The second kappa shape index (κ2) is 8.03. The van der Waals surface area contributed by atoms with Gasteiger partial charge < -0.3 is 9.47 Å². The van der Waals surface area contributed by atoms with E-state index in [1.807, 2.05) is 25.1 Å². The van der Waals surface area contributed by atoms with Gasteiger partial charge in [0, 0.05) is 6.54 Å². The van der Waals surface area contributed by atoms with Crippen molar-refractivity contribution in [3.05, 3.63) is 29.8 Å². The van der Waals surface area contributed by atoms with Gasteiger partial charge in [-0.2, -0.15) is 0 Å². The molecule has 0 amide bonds. The minimum absolute atomic E-state index is 0.0340. The monoisotopic (exact) mass is 291 g/mol. The number of para-hydroxylation sites is 1. The SMILES string of the molecule is CCOC(=O)C1CCN(CCOc2ccccc2C)CC1. The first kappa shape index (κ1) is 15.8. The minimum atomic E-state index is -0.0340. The largest absolute Gasteiger partial charge is 0.492 e. The molecule has 0 N–H and O–H groups in total. The highest BCUT2D eigenvalue weighted by Gasteiger charge is 2.25. The standard InChI is InChI=1S/C17H25NO3/c1-3-20-17(19)15-8-10-18(11-9-15)12-13-21-16-7-5-4-6-14(16)2/h4-7,15H,3,8-13H2,1-2H3. The summed E-state index contributed by atoms with van der Waals surface area (Å²) in [5, 5.41) is 0. The fourth-order valence-electron chi connectivity index (χ4n) is 2.66. The zero-order chi connectivity index (χ0) is 15.1. The Morgan fingerprint density at radius 2 is 2.00 bits per heavy atom. The first-order valence-corrected chi connectivity index (χ1v) is 7.78. The third kappa shape index (κ3) is 4.74. The molecule has 1 heterocycles. The first-order chi connectivity index (χ1) is 10.2. The molecule has 0 unspecified atom stereocenters. The molecule has 0 radical (unpaired) electrons. The quantitative estimate of drug-likeness (QED) is 0.755. The molecular formula is C17H25NO3. The Morgan fingerprint density at radius 1 is 1.29 bits per heavy atom. The van der Waals surface area contributed by atoms with E-state index in [2.05, 4.69) is 17.9 Å². The number of aryl methyl sites for hydroxylation is 1. The first-order valence-electron chi connectivity index (χ1n) is 7.78. The van der Waals surface area contributed by atoms with Crippen LogP contribution in [0.25, 0.3) is 0 Å². The van der Waals surface area contributed by atoms with E-state index < -0.39 is 0 Å². The maximum Gasteiger partial charge on any atom is 0.309 e. The summed E-state index contributed by atoms with van der Waals surface area (Å²) in [5.41, 5.74) is 1.17. The lowest BCUT2D eigenvalue weighted by atomic mass is 9.97. The summed E-state index contributed by atoms with van der Waals surface area (Å²) >= 11 is 0. The lowest BCUT2D eigenvalue weighted by Crippen LogP contribution is -2.39. The molecule has 1 aliphatic rings. The van der Waals surface area contributed by atoms with E-state index in [0.717, 1.165) is 38.2 Å². The molecule has 1 aromatic carbocycles. The zero-order valence-electron chi connectivity index (χ0n) is 13.0. The van der Waals surface area contributed by atoms with E-state index in [1.165, 1.54) is 5.56 Å². The highest BCUT2D eigenvalue weighted by atomic mass is 16.5. The highest BCUT2D eigenvalue weighted by molar-refractivity contribution is 5.72. The minimum Gasteiger partial charge on any atom is -0.492 e. The number of benzene rings is 1. The number of rotatable bonds is 6. The third-order valence-electron chi connectivity index (χ3n) is 3.97. The van der Waals surface area contributed by atoms with Gasteiger partial charge in [0.1, 0.15) is 12.4 Å². The summed E-state index contributed by atoms with van der Waals surface area (Å²) in [5.74, 6) is 1.01. The zero-order valence-corrected chi connectivity index (χ0v) is 13.0. The fraction of sp³-hybridized carbons (Fsp3) is 0.588. The van der Waals surface area contributed by atoms with Gasteiger partial charge in [-0.25, -0.2) is 0 Å². The van der Waals surface area contributed by atoms with Gasteiger partial charge in [0.05, 0.1) is 12.5 Å². The Hall–Kier alpha value is -1.55. The van der Waals surface area contributed by atoms with Gasteiger partial charge >= 0.3 is 5.97 Å². The Labute approximate surface area is 127 Å². The Balaban J connectivity index is 1.67. The molecule has 4 heteroatoms. The van der Waals surface area contributed by atoms with Crippen molar-refractivity contribution < 1.29 is 14.3 Å². The molecule has 4 nitrogen and oxygen atoms in total. The molecule has 0 aliphatic carbocycles. The van der Waals surface area contributed by atoms with Crippen molar-refractivity contribution in [2.75, 3.05) is 32.8 Å². The van der Waals surface area contributed by atoms with Crippen molar-refractivity contribution in [2.45, 2.75) is 26.7 Å². The van der Waals surface area contributed by atoms with E-state index in [-0.39, 0.29) is 11.9 Å². The van der Waals surface area contributed by atoms with Gasteiger partial charge in [0.2, 0.25) is 0 Å². The summed E-state index contributed by atoms with van der Waals surface area (Å²) in [7, 11) is 0. The second-order valence-electron chi connectivity index (χ2n) is 5.48. The van der Waals surface area contributed by atoms with Crippen LogP contribution in [0.4, 0.5) is 0 Å². The summed E-state index contributed by atoms with van der Waals surface area (Å²) in [6.45, 7) is 7.87. The Kier molecular flexibility index (Phi) is 6.05. The van der Waals surface area contributed by atoms with Crippen LogP contribution in [0, 0.1) is 12.8 Å². The van der Waals surface area contributed by atoms with Crippen molar-refractivity contribution in [3.63, 3.8) is 0 Å². The van der Waals surface area contributed by atoms with E-state index >= 15 is 0 Å². The van der Waals surface area contributed by atoms with Gasteiger partial charge in [-0.1, -0.05) is 18.2 Å². The molecule has 2 rings (SSSR count). The molecule has 0 spiro atoms. The van der Waals surface area contributed by atoms with E-state index in [1.54, 1.807) is 0 Å². The number of piperidine rings is 1. The summed E-state index contributed by atoms with van der Waals surface area (Å²) in [6, 6.07) is 8.07. The van der Waals surface area contributed by atoms with Crippen LogP contribution in [-0.2, 0) is 9.53 Å². The van der Waals surface area contributed by atoms with Gasteiger partial charge in [-0.05, 0) is 51.4 Å². The molecule has 1 saturated heterocycles. The predicted octanol–water partition coefficient (Wildman–Crippen LogP) is 2.65. The number of hydrogen-bond donors (Lipinski definition) is 0. The molecular weight excluding hydrogens is 266 g/mol. The van der Waals surface area contributed by atoms with Crippen LogP contribution in [0.2, 0.25) is 0 Å². The molecule has 1 aliphatic heterocycles. The van der Waals surface area contributed by atoms with Gasteiger partial charge in [-0.15, -0.1) is 0 Å². The van der Waals surface area contributed by atoms with Crippen molar-refractivity contribution in [3.8, 4) is 5.75 Å². The van der Waals surface area contributed by atoms with Crippen molar-refractivity contribution in [2.24, 2.45) is 5.92 Å². The van der Waals surface area contributed by atoms with E-state index in [9.17, 15) is 4.79 Å². The number of carbonyl (C=O) groups excluding carboxylic acids is 1. The van der Waals surface area contributed by atoms with Crippen LogP contribution in [0.15, 0.2) is 24.3 Å². The summed E-state index contributed by atoms with van der Waals surface area (Å²) in [6.07, 6.45) is 1.78. The van der Waals surface area contributed by atoms with Crippen LogP contribution in [0.3, 0.4) is 0 Å². The average molecular weight is 291 g/mol. The van der Waals surface area contributed by atoms with Crippen LogP contribution in [0.1, 0.15) is 25.3 Å². The van der Waals surface area contributed by atoms with E-state index in [4.69, 9.17) is 9.47 Å². The predicted molar refractivity (Wildman–Crippen MR) is 82.5 cm³/mol. The molecule has 1 aromatic rings. The van der Waals surface area contributed by atoms with Gasteiger partial charge in [0.15, 0.2) is 0 Å². The van der Waals surface area contributed by atoms with Crippen molar-refractivity contribution >= 4 is 5.97 Å². The van der Waals surface area contributed by atoms with E-state index in [0.29, 0.717) is 13.2 Å². The number of nitrogens with zero attached hydrogens (tertiary/aromatic N) is 1. The number of likely N-dealkylation sites (tertiary alicyclic amines) is 1. The van der Waals surface area contributed by atoms with Crippen molar-refractivity contribution in [1.82, 2.24) is 4.90 Å². The molecule has 0 atom stereocenters. The fourth-order valence-corrected chi connectivity index (χ4v) is 2.66. The molecule has 116 valence electrons. The lowest BCUT2D eigenvalue weighted by Gasteiger charge is -2.30.